The van der Waals surface area contributed by atoms with E-state index in [1.807, 2.05) is 0 Å². The number of benzene rings is 1. The van der Waals surface area contributed by atoms with E-state index in [0.717, 1.165) is 6.07 Å². The van der Waals surface area contributed by atoms with Gasteiger partial charge in [-0.25, -0.2) is 14.0 Å². The summed E-state index contributed by atoms with van der Waals surface area (Å²) in [5.74, 6) is -2.38. The fourth-order valence-electron chi connectivity index (χ4n) is 1.56. The molecular formula is C12H15FN2O4. The molecule has 2 amide bonds. The number of nitrogens with one attached hydrogen (secondary N) is 1. The number of amides is 2. The highest BCUT2D eigenvalue weighted by molar-refractivity contribution is 6.00. The predicted octanol–water partition coefficient (Wildman–Crippen LogP) is 1.37. The minimum Gasteiger partial charge on any atom is -0.478 e. The summed E-state index contributed by atoms with van der Waals surface area (Å²) in [5, 5.41) is 20.0. The normalized spacial score (nSPS) is 10.1. The topological polar surface area (TPSA) is 89.9 Å². The molecule has 1 rings (SSSR count). The number of carboxylic acid groups (broad SMARTS) is 1. The first kappa shape index (κ1) is 14.9. The Morgan fingerprint density at radius 3 is 2.63 bits per heavy atom. The zero-order valence-electron chi connectivity index (χ0n) is 10.4. The van der Waals surface area contributed by atoms with Crippen LogP contribution in [0.5, 0.6) is 0 Å². The fraction of sp³-hybridized carbons (Fsp3) is 0.333. The molecule has 19 heavy (non-hydrogen) atoms. The van der Waals surface area contributed by atoms with E-state index in [1.54, 1.807) is 6.92 Å². The highest BCUT2D eigenvalue weighted by atomic mass is 19.1. The maximum atomic E-state index is 13.4. The summed E-state index contributed by atoms with van der Waals surface area (Å²) < 4.78 is 13.4. The van der Waals surface area contributed by atoms with Gasteiger partial charge in [-0.2, -0.15) is 0 Å². The molecule has 104 valence electrons. The second-order valence-electron chi connectivity index (χ2n) is 3.70. The van der Waals surface area contributed by atoms with Crippen LogP contribution in [0.2, 0.25) is 0 Å². The number of urea groups is 1. The third-order valence-corrected chi connectivity index (χ3v) is 2.51. The summed E-state index contributed by atoms with van der Waals surface area (Å²) in [5.41, 5.74) is -0.704. The maximum absolute atomic E-state index is 13.4. The van der Waals surface area contributed by atoms with Crippen molar-refractivity contribution in [3.05, 3.63) is 29.6 Å². The van der Waals surface area contributed by atoms with Gasteiger partial charge < -0.3 is 20.4 Å². The molecule has 3 N–H and O–H groups in total. The number of aliphatic hydroxyl groups excluding tert-OH is 1. The van der Waals surface area contributed by atoms with Gasteiger partial charge in [-0.1, -0.05) is 6.07 Å². The molecule has 1 aromatic rings. The number of hydrogen-bond acceptors (Lipinski definition) is 3. The molecule has 0 aliphatic heterocycles. The van der Waals surface area contributed by atoms with Gasteiger partial charge >= 0.3 is 12.0 Å². The number of aliphatic hydroxyl groups is 1. The van der Waals surface area contributed by atoms with Crippen LogP contribution in [0, 0.1) is 5.82 Å². The number of anilines is 1. The van der Waals surface area contributed by atoms with E-state index >= 15 is 0 Å². The standard InChI is InChI=1S/C12H15FN2O4/c1-2-15(6-7-16)12(19)14-9-5-3-4-8(13)10(9)11(17)18/h3-5,16H,2,6-7H2,1H3,(H,14,19)(H,17,18). The molecule has 0 unspecified atom stereocenters. The summed E-state index contributed by atoms with van der Waals surface area (Å²) in [6.07, 6.45) is 0. The monoisotopic (exact) mass is 270 g/mol. The van der Waals surface area contributed by atoms with Crippen LogP contribution in [0.4, 0.5) is 14.9 Å². The van der Waals surface area contributed by atoms with Crippen LogP contribution in [-0.2, 0) is 0 Å². The van der Waals surface area contributed by atoms with Crippen molar-refractivity contribution in [3.63, 3.8) is 0 Å². The number of carboxylic acids is 1. The number of halogens is 1. The smallest absolute Gasteiger partial charge is 0.340 e. The summed E-state index contributed by atoms with van der Waals surface area (Å²) in [7, 11) is 0. The lowest BCUT2D eigenvalue weighted by Crippen LogP contribution is -2.37. The molecule has 0 aromatic heterocycles. The van der Waals surface area contributed by atoms with Gasteiger partial charge in [0.2, 0.25) is 0 Å². The van der Waals surface area contributed by atoms with E-state index in [2.05, 4.69) is 5.32 Å². The molecule has 0 radical (unpaired) electrons. The molecule has 0 spiro atoms. The van der Waals surface area contributed by atoms with Crippen LogP contribution in [0.25, 0.3) is 0 Å². The molecule has 0 aliphatic rings. The molecule has 0 aliphatic carbocycles. The van der Waals surface area contributed by atoms with Gasteiger partial charge in [0.15, 0.2) is 0 Å². The van der Waals surface area contributed by atoms with Crippen molar-refractivity contribution in [2.75, 3.05) is 25.0 Å². The molecule has 7 heteroatoms. The average molecular weight is 270 g/mol. The summed E-state index contributed by atoms with van der Waals surface area (Å²) >= 11 is 0. The molecule has 6 nitrogen and oxygen atoms in total. The molecule has 0 saturated heterocycles. The first-order valence-corrected chi connectivity index (χ1v) is 5.69. The Labute approximate surface area is 109 Å². The van der Waals surface area contributed by atoms with E-state index in [-0.39, 0.29) is 18.8 Å². The summed E-state index contributed by atoms with van der Waals surface area (Å²) in [6.45, 7) is 1.94. The highest BCUT2D eigenvalue weighted by Crippen LogP contribution is 2.19. The lowest BCUT2D eigenvalue weighted by atomic mass is 10.1. The van der Waals surface area contributed by atoms with Crippen LogP contribution in [-0.4, -0.2) is 46.8 Å². The Balaban J connectivity index is 2.96. The van der Waals surface area contributed by atoms with Crippen LogP contribution in [0.1, 0.15) is 17.3 Å². The van der Waals surface area contributed by atoms with Gasteiger partial charge in [0.1, 0.15) is 11.4 Å². The number of likely N-dealkylation sites (N-methyl/N-ethyl adjacent to an activating group) is 1. The van der Waals surface area contributed by atoms with Crippen molar-refractivity contribution in [2.45, 2.75) is 6.92 Å². The third-order valence-electron chi connectivity index (χ3n) is 2.51. The molecule has 0 fully saturated rings. The number of hydrogen-bond donors (Lipinski definition) is 3. The molecular weight excluding hydrogens is 255 g/mol. The average Bonchev–Trinajstić information content (AvgIpc) is 2.35. The number of aromatic carboxylic acids is 1. The summed E-state index contributed by atoms with van der Waals surface area (Å²) in [4.78, 5) is 24.0. The Kier molecular flexibility index (Phi) is 5.25. The van der Waals surface area contributed by atoms with Crippen LogP contribution < -0.4 is 5.32 Å². The SMILES string of the molecule is CCN(CCO)C(=O)Nc1cccc(F)c1C(=O)O. The van der Waals surface area contributed by atoms with Crippen molar-refractivity contribution < 1.29 is 24.2 Å². The van der Waals surface area contributed by atoms with E-state index in [0.29, 0.717) is 6.54 Å². The van der Waals surface area contributed by atoms with Crippen LogP contribution in [0.3, 0.4) is 0 Å². The number of carbonyl (C=O) groups excluding carboxylic acids is 1. The van der Waals surface area contributed by atoms with Crippen molar-refractivity contribution in [2.24, 2.45) is 0 Å². The zero-order valence-corrected chi connectivity index (χ0v) is 10.4. The lowest BCUT2D eigenvalue weighted by molar-refractivity contribution is 0.0693. The van der Waals surface area contributed by atoms with Crippen molar-refractivity contribution in [3.8, 4) is 0 Å². The van der Waals surface area contributed by atoms with Crippen molar-refractivity contribution >= 4 is 17.7 Å². The molecule has 0 atom stereocenters. The second-order valence-corrected chi connectivity index (χ2v) is 3.70. The van der Waals surface area contributed by atoms with Gasteiger partial charge in [0, 0.05) is 13.1 Å². The van der Waals surface area contributed by atoms with E-state index in [1.165, 1.54) is 17.0 Å². The van der Waals surface area contributed by atoms with Crippen molar-refractivity contribution in [1.29, 1.82) is 0 Å². The third kappa shape index (κ3) is 3.65. The number of carbonyl (C=O) groups is 2. The molecule has 0 saturated carbocycles. The first-order chi connectivity index (χ1) is 9.01. The Bertz CT molecular complexity index is 479. The Morgan fingerprint density at radius 2 is 2.11 bits per heavy atom. The largest absolute Gasteiger partial charge is 0.478 e. The van der Waals surface area contributed by atoms with Gasteiger partial charge in [-0.05, 0) is 19.1 Å². The van der Waals surface area contributed by atoms with Crippen LogP contribution in [0.15, 0.2) is 18.2 Å². The predicted molar refractivity (Wildman–Crippen MR) is 66.7 cm³/mol. The van der Waals surface area contributed by atoms with Crippen LogP contribution >= 0.6 is 0 Å². The molecule has 1 aromatic carbocycles. The zero-order chi connectivity index (χ0) is 14.4. The minimum absolute atomic E-state index is 0.111. The fourth-order valence-corrected chi connectivity index (χ4v) is 1.56. The van der Waals surface area contributed by atoms with Crippen molar-refractivity contribution in [1.82, 2.24) is 4.90 Å². The first-order valence-electron chi connectivity index (χ1n) is 5.69. The number of nitrogens with zero attached hydrogens (tertiary/aromatic N) is 1. The minimum atomic E-state index is -1.46. The van der Waals surface area contributed by atoms with Gasteiger partial charge in [-0.3, -0.25) is 0 Å². The van der Waals surface area contributed by atoms with Gasteiger partial charge in [0.25, 0.3) is 0 Å². The number of rotatable bonds is 5. The summed E-state index contributed by atoms with van der Waals surface area (Å²) in [6, 6.07) is 3.02. The Morgan fingerprint density at radius 1 is 1.42 bits per heavy atom. The van der Waals surface area contributed by atoms with E-state index in [9.17, 15) is 14.0 Å². The van der Waals surface area contributed by atoms with E-state index in [4.69, 9.17) is 10.2 Å². The maximum Gasteiger partial charge on any atom is 0.340 e. The van der Waals surface area contributed by atoms with Gasteiger partial charge in [-0.15, -0.1) is 0 Å². The van der Waals surface area contributed by atoms with E-state index < -0.39 is 23.4 Å². The lowest BCUT2D eigenvalue weighted by Gasteiger charge is -2.20. The highest BCUT2D eigenvalue weighted by Gasteiger charge is 2.19. The molecule has 0 bridgehead atoms. The Hall–Kier alpha value is -2.15. The molecule has 0 heterocycles. The van der Waals surface area contributed by atoms with Gasteiger partial charge in [0.05, 0.1) is 12.3 Å². The quantitative estimate of drug-likeness (QED) is 0.753. The second kappa shape index (κ2) is 6.69.